The number of fused-ring (bicyclic) bond motifs is 1. The van der Waals surface area contributed by atoms with E-state index in [4.69, 9.17) is 4.74 Å². The van der Waals surface area contributed by atoms with Crippen LogP contribution in [-0.4, -0.2) is 32.7 Å². The molecule has 0 amide bonds. The zero-order chi connectivity index (χ0) is 21.3. The van der Waals surface area contributed by atoms with Crippen LogP contribution in [-0.2, 0) is 16.0 Å². The van der Waals surface area contributed by atoms with Crippen LogP contribution in [0.4, 0.5) is 13.2 Å². The maximum absolute atomic E-state index is 14.5. The van der Waals surface area contributed by atoms with Crippen molar-refractivity contribution < 1.29 is 22.7 Å². The smallest absolute Gasteiger partial charge is 0.308 e. The predicted molar refractivity (Wildman–Crippen MR) is 103 cm³/mol. The Morgan fingerprint density at radius 1 is 1.23 bits per heavy atom. The second-order valence-corrected chi connectivity index (χ2v) is 7.56. The molecule has 1 aliphatic rings. The van der Waals surface area contributed by atoms with E-state index in [1.807, 2.05) is 0 Å². The van der Waals surface area contributed by atoms with Gasteiger partial charge >= 0.3 is 5.97 Å². The molecule has 3 aromatic rings. The highest BCUT2D eigenvalue weighted by atomic mass is 19.1. The third kappa shape index (κ3) is 4.01. The van der Waals surface area contributed by atoms with Gasteiger partial charge in [0.05, 0.1) is 35.5 Å². The number of hydrogen-bond donors (Lipinski definition) is 1. The number of aromatic nitrogens is 4. The van der Waals surface area contributed by atoms with Gasteiger partial charge in [-0.1, -0.05) is 12.8 Å². The molecule has 0 saturated heterocycles. The van der Waals surface area contributed by atoms with Crippen molar-refractivity contribution in [1.82, 2.24) is 20.2 Å². The van der Waals surface area contributed by atoms with Gasteiger partial charge in [0.1, 0.15) is 17.3 Å². The van der Waals surface area contributed by atoms with E-state index >= 15 is 0 Å². The average Bonchev–Trinajstić information content (AvgIpc) is 3.13. The van der Waals surface area contributed by atoms with Crippen molar-refractivity contribution in [2.75, 3.05) is 6.61 Å². The summed E-state index contributed by atoms with van der Waals surface area (Å²) in [5.41, 5.74) is 0.318. The van der Waals surface area contributed by atoms with E-state index in [2.05, 4.69) is 20.2 Å². The van der Waals surface area contributed by atoms with Crippen LogP contribution < -0.4 is 0 Å². The molecule has 1 fully saturated rings. The summed E-state index contributed by atoms with van der Waals surface area (Å²) >= 11 is 0. The number of rotatable bonds is 5. The standard InChI is InChI=1S/C21H21F3N4O2/c1-2-30-21(29)12-5-3-4-11(6-12)7-17-15(23)9-16(24)19(26-17)18-14-8-13(22)10-25-20(14)28-27-18/h8-12H,2-7H2,1H3,(H,25,27,28)/t11-,12+/m0/s1. The van der Waals surface area contributed by atoms with Gasteiger partial charge in [-0.05, 0) is 38.2 Å². The molecule has 0 spiro atoms. The Hall–Kier alpha value is -2.97. The first kappa shape index (κ1) is 20.3. The molecule has 0 bridgehead atoms. The quantitative estimate of drug-likeness (QED) is 0.623. The summed E-state index contributed by atoms with van der Waals surface area (Å²) in [4.78, 5) is 20.1. The molecule has 30 heavy (non-hydrogen) atoms. The Morgan fingerprint density at radius 3 is 2.87 bits per heavy atom. The summed E-state index contributed by atoms with van der Waals surface area (Å²) in [6.07, 6.45) is 4.27. The van der Waals surface area contributed by atoms with Gasteiger partial charge in [-0.3, -0.25) is 9.89 Å². The lowest BCUT2D eigenvalue weighted by Crippen LogP contribution is -2.26. The van der Waals surface area contributed by atoms with Crippen LogP contribution >= 0.6 is 0 Å². The van der Waals surface area contributed by atoms with Gasteiger partial charge in [0, 0.05) is 6.07 Å². The summed E-state index contributed by atoms with van der Waals surface area (Å²) in [5, 5.41) is 6.82. The topological polar surface area (TPSA) is 80.8 Å². The van der Waals surface area contributed by atoms with Gasteiger partial charge < -0.3 is 4.74 Å². The van der Waals surface area contributed by atoms with Gasteiger partial charge in [-0.15, -0.1) is 0 Å². The fraction of sp³-hybridized carbons (Fsp3) is 0.429. The molecule has 0 unspecified atom stereocenters. The Morgan fingerprint density at radius 2 is 2.07 bits per heavy atom. The van der Waals surface area contributed by atoms with Crippen molar-refractivity contribution in [1.29, 1.82) is 0 Å². The van der Waals surface area contributed by atoms with Crippen LogP contribution in [0.2, 0.25) is 0 Å². The van der Waals surface area contributed by atoms with Gasteiger partial charge in [0.15, 0.2) is 11.5 Å². The van der Waals surface area contributed by atoms with E-state index in [0.29, 0.717) is 13.0 Å². The lowest BCUT2D eigenvalue weighted by molar-refractivity contribution is -0.149. The Balaban J connectivity index is 1.62. The van der Waals surface area contributed by atoms with Crippen molar-refractivity contribution in [3.05, 3.63) is 41.5 Å². The Labute approximate surface area is 170 Å². The van der Waals surface area contributed by atoms with Crippen LogP contribution in [0.25, 0.3) is 22.4 Å². The molecule has 1 aliphatic carbocycles. The SMILES string of the molecule is CCOC(=O)[C@@H]1CCC[C@H](Cc2nc(-c3[nH]nc4ncc(F)cc34)c(F)cc2F)C1. The molecule has 1 saturated carbocycles. The highest BCUT2D eigenvalue weighted by Crippen LogP contribution is 2.34. The van der Waals surface area contributed by atoms with Gasteiger partial charge in [0.2, 0.25) is 0 Å². The molecule has 9 heteroatoms. The summed E-state index contributed by atoms with van der Waals surface area (Å²) in [7, 11) is 0. The van der Waals surface area contributed by atoms with Crippen molar-refractivity contribution in [2.45, 2.75) is 39.0 Å². The molecule has 0 radical (unpaired) electrons. The maximum atomic E-state index is 14.5. The number of H-pyrrole nitrogens is 1. The predicted octanol–water partition coefficient (Wildman–Crippen LogP) is 4.35. The average molecular weight is 418 g/mol. The van der Waals surface area contributed by atoms with E-state index in [1.165, 1.54) is 6.07 Å². The van der Waals surface area contributed by atoms with Gasteiger partial charge in [-0.25, -0.2) is 23.1 Å². The molecule has 2 atom stereocenters. The number of carbonyl (C=O) groups is 1. The van der Waals surface area contributed by atoms with E-state index < -0.39 is 17.5 Å². The number of ether oxygens (including phenoxy) is 1. The third-order valence-corrected chi connectivity index (χ3v) is 5.50. The number of nitrogens with zero attached hydrogens (tertiary/aromatic N) is 3. The minimum atomic E-state index is -0.876. The molecular formula is C21H21F3N4O2. The van der Waals surface area contributed by atoms with Crippen LogP contribution in [0.1, 0.15) is 38.3 Å². The number of hydrogen-bond acceptors (Lipinski definition) is 5. The number of nitrogens with one attached hydrogen (secondary N) is 1. The molecule has 3 aromatic heterocycles. The second-order valence-electron chi connectivity index (χ2n) is 7.56. The van der Waals surface area contributed by atoms with Crippen LogP contribution in [0.5, 0.6) is 0 Å². The Kier molecular flexibility index (Phi) is 5.69. The Bertz CT molecular complexity index is 1090. The van der Waals surface area contributed by atoms with E-state index in [-0.39, 0.29) is 52.3 Å². The fourth-order valence-corrected chi connectivity index (χ4v) is 4.10. The van der Waals surface area contributed by atoms with Crippen LogP contribution in [0.15, 0.2) is 18.3 Å². The van der Waals surface area contributed by atoms with Crippen molar-refractivity contribution in [3.63, 3.8) is 0 Å². The van der Waals surface area contributed by atoms with Crippen molar-refractivity contribution in [2.24, 2.45) is 11.8 Å². The van der Waals surface area contributed by atoms with Crippen molar-refractivity contribution >= 4 is 17.0 Å². The zero-order valence-electron chi connectivity index (χ0n) is 16.4. The monoisotopic (exact) mass is 418 g/mol. The lowest BCUT2D eigenvalue weighted by atomic mass is 9.79. The number of esters is 1. The molecule has 158 valence electrons. The summed E-state index contributed by atoms with van der Waals surface area (Å²) in [6.45, 7) is 2.09. The first-order valence-corrected chi connectivity index (χ1v) is 9.97. The van der Waals surface area contributed by atoms with Crippen molar-refractivity contribution in [3.8, 4) is 11.4 Å². The molecule has 1 N–H and O–H groups in total. The molecular weight excluding hydrogens is 397 g/mol. The molecule has 0 aliphatic heterocycles. The number of aromatic amines is 1. The first-order chi connectivity index (χ1) is 14.5. The highest BCUT2D eigenvalue weighted by Gasteiger charge is 2.29. The fourth-order valence-electron chi connectivity index (χ4n) is 4.10. The van der Waals surface area contributed by atoms with Gasteiger partial charge in [-0.2, -0.15) is 5.10 Å². The largest absolute Gasteiger partial charge is 0.466 e. The minimum Gasteiger partial charge on any atom is -0.466 e. The summed E-state index contributed by atoms with van der Waals surface area (Å²) < 4.78 is 47.7. The lowest BCUT2D eigenvalue weighted by Gasteiger charge is -2.27. The van der Waals surface area contributed by atoms with E-state index in [1.54, 1.807) is 6.92 Å². The van der Waals surface area contributed by atoms with Crippen LogP contribution in [0, 0.1) is 29.3 Å². The first-order valence-electron chi connectivity index (χ1n) is 9.97. The number of pyridine rings is 2. The molecule has 3 heterocycles. The van der Waals surface area contributed by atoms with Gasteiger partial charge in [0.25, 0.3) is 0 Å². The molecule has 0 aromatic carbocycles. The zero-order valence-corrected chi connectivity index (χ0v) is 16.4. The number of halogens is 3. The summed E-state index contributed by atoms with van der Waals surface area (Å²) in [6, 6.07) is 1.96. The number of carbonyl (C=O) groups excluding carboxylic acids is 1. The normalized spacial score (nSPS) is 19.2. The van der Waals surface area contributed by atoms with Crippen LogP contribution in [0.3, 0.4) is 0 Å². The third-order valence-electron chi connectivity index (χ3n) is 5.50. The molecule has 6 nitrogen and oxygen atoms in total. The van der Waals surface area contributed by atoms with E-state index in [0.717, 1.165) is 31.5 Å². The molecule has 4 rings (SSSR count). The highest BCUT2D eigenvalue weighted by molar-refractivity contribution is 5.89. The maximum Gasteiger partial charge on any atom is 0.308 e. The van der Waals surface area contributed by atoms with E-state index in [9.17, 15) is 18.0 Å². The summed E-state index contributed by atoms with van der Waals surface area (Å²) in [5.74, 6) is -2.63. The second kappa shape index (κ2) is 8.41. The minimum absolute atomic E-state index is 0.0334.